The van der Waals surface area contributed by atoms with Crippen molar-refractivity contribution < 1.29 is 19.1 Å². The lowest BCUT2D eigenvalue weighted by Crippen LogP contribution is -2.49. The van der Waals surface area contributed by atoms with Crippen molar-refractivity contribution in [3.8, 4) is 11.5 Å². The molecule has 0 heterocycles. The molecule has 0 aliphatic carbocycles. The van der Waals surface area contributed by atoms with Gasteiger partial charge in [-0.25, -0.2) is 0 Å². The Morgan fingerprint density at radius 1 is 1.00 bits per heavy atom. The van der Waals surface area contributed by atoms with Crippen LogP contribution in [-0.4, -0.2) is 43.0 Å². The van der Waals surface area contributed by atoms with Crippen LogP contribution in [0, 0.1) is 12.8 Å². The second kappa shape index (κ2) is 11.2. The lowest BCUT2D eigenvalue weighted by atomic mass is 10.1. The summed E-state index contributed by atoms with van der Waals surface area (Å²) in [6, 6.07) is 14.3. The van der Waals surface area contributed by atoms with Gasteiger partial charge in [-0.1, -0.05) is 38.1 Å². The molecule has 30 heavy (non-hydrogen) atoms. The van der Waals surface area contributed by atoms with Crippen molar-refractivity contribution in [1.29, 1.82) is 0 Å². The molecule has 0 saturated heterocycles. The summed E-state index contributed by atoms with van der Waals surface area (Å²) in [4.78, 5) is 27.3. The monoisotopic (exact) mass is 412 g/mol. The normalized spacial score (nSPS) is 11.7. The summed E-state index contributed by atoms with van der Waals surface area (Å²) in [6.07, 6.45) is 0. The van der Waals surface area contributed by atoms with Gasteiger partial charge >= 0.3 is 0 Å². The SMILES string of the molecule is COc1ccc(OCC(=O)N(Cc2ccccc2C)[C@@H](C)C(=O)NCC(C)C)cc1. The number of rotatable bonds is 10. The molecule has 2 rings (SSSR count). The molecule has 0 radical (unpaired) electrons. The number of aryl methyl sites for hydroxylation is 1. The van der Waals surface area contributed by atoms with E-state index in [1.165, 1.54) is 0 Å². The van der Waals surface area contributed by atoms with Gasteiger partial charge < -0.3 is 19.7 Å². The molecule has 0 fully saturated rings. The minimum atomic E-state index is -0.615. The van der Waals surface area contributed by atoms with Gasteiger partial charge in [0.1, 0.15) is 17.5 Å². The van der Waals surface area contributed by atoms with Crippen LogP contribution in [0.25, 0.3) is 0 Å². The molecular formula is C24H32N2O4. The van der Waals surface area contributed by atoms with Crippen molar-refractivity contribution >= 4 is 11.8 Å². The molecule has 6 nitrogen and oxygen atoms in total. The van der Waals surface area contributed by atoms with E-state index >= 15 is 0 Å². The second-order valence-electron chi connectivity index (χ2n) is 7.73. The van der Waals surface area contributed by atoms with Gasteiger partial charge in [0, 0.05) is 13.1 Å². The number of amides is 2. The van der Waals surface area contributed by atoms with E-state index in [9.17, 15) is 9.59 Å². The average Bonchev–Trinajstić information content (AvgIpc) is 2.75. The van der Waals surface area contributed by atoms with Gasteiger partial charge in [0.15, 0.2) is 6.61 Å². The Labute approximate surface area is 179 Å². The number of hydrogen-bond acceptors (Lipinski definition) is 4. The highest BCUT2D eigenvalue weighted by molar-refractivity contribution is 5.88. The largest absolute Gasteiger partial charge is 0.497 e. The molecule has 0 spiro atoms. The molecule has 1 atom stereocenters. The summed E-state index contributed by atoms with van der Waals surface area (Å²) >= 11 is 0. The van der Waals surface area contributed by atoms with E-state index < -0.39 is 6.04 Å². The second-order valence-corrected chi connectivity index (χ2v) is 7.73. The first-order chi connectivity index (χ1) is 14.3. The van der Waals surface area contributed by atoms with Gasteiger partial charge in [-0.3, -0.25) is 9.59 Å². The third-order valence-corrected chi connectivity index (χ3v) is 4.88. The van der Waals surface area contributed by atoms with Crippen LogP contribution in [0.15, 0.2) is 48.5 Å². The average molecular weight is 413 g/mol. The molecule has 0 saturated carbocycles. The summed E-state index contributed by atoms with van der Waals surface area (Å²) in [7, 11) is 1.59. The van der Waals surface area contributed by atoms with Crippen molar-refractivity contribution in [2.75, 3.05) is 20.3 Å². The predicted molar refractivity (Wildman–Crippen MR) is 118 cm³/mol. The molecule has 6 heteroatoms. The molecule has 2 amide bonds. The number of nitrogens with one attached hydrogen (secondary N) is 1. The van der Waals surface area contributed by atoms with E-state index in [1.807, 2.05) is 45.0 Å². The molecule has 0 aliphatic rings. The lowest BCUT2D eigenvalue weighted by molar-refractivity contribution is -0.142. The van der Waals surface area contributed by atoms with E-state index in [4.69, 9.17) is 9.47 Å². The van der Waals surface area contributed by atoms with E-state index in [0.29, 0.717) is 30.5 Å². The van der Waals surface area contributed by atoms with Gasteiger partial charge in [0.25, 0.3) is 5.91 Å². The fraction of sp³-hybridized carbons (Fsp3) is 0.417. The Bertz CT molecular complexity index is 833. The molecule has 162 valence electrons. The first kappa shape index (κ1) is 23.3. The Hall–Kier alpha value is -3.02. The number of carbonyl (C=O) groups excluding carboxylic acids is 2. The maximum atomic E-state index is 13.0. The summed E-state index contributed by atoms with van der Waals surface area (Å²) < 4.78 is 10.8. The zero-order valence-corrected chi connectivity index (χ0v) is 18.5. The zero-order chi connectivity index (χ0) is 22.1. The Morgan fingerprint density at radius 2 is 1.63 bits per heavy atom. The van der Waals surface area contributed by atoms with Gasteiger partial charge in [0.2, 0.25) is 5.91 Å². The molecule has 1 N–H and O–H groups in total. The first-order valence-corrected chi connectivity index (χ1v) is 10.2. The minimum absolute atomic E-state index is 0.153. The molecule has 0 aliphatic heterocycles. The fourth-order valence-electron chi connectivity index (χ4n) is 2.91. The smallest absolute Gasteiger partial charge is 0.261 e. The van der Waals surface area contributed by atoms with Crippen molar-refractivity contribution in [3.63, 3.8) is 0 Å². The summed E-state index contributed by atoms with van der Waals surface area (Å²) in [5.41, 5.74) is 2.07. The molecular weight excluding hydrogens is 380 g/mol. The van der Waals surface area contributed by atoms with Gasteiger partial charge in [0.05, 0.1) is 7.11 Å². The van der Waals surface area contributed by atoms with Crippen LogP contribution in [0.2, 0.25) is 0 Å². The zero-order valence-electron chi connectivity index (χ0n) is 18.5. The number of ether oxygens (including phenoxy) is 2. The topological polar surface area (TPSA) is 67.9 Å². The van der Waals surface area contributed by atoms with Crippen molar-refractivity contribution in [2.45, 2.75) is 40.3 Å². The van der Waals surface area contributed by atoms with E-state index in [2.05, 4.69) is 5.32 Å². The first-order valence-electron chi connectivity index (χ1n) is 10.2. The van der Waals surface area contributed by atoms with E-state index in [-0.39, 0.29) is 18.4 Å². The summed E-state index contributed by atoms with van der Waals surface area (Å²) in [6.45, 7) is 8.56. The Morgan fingerprint density at radius 3 is 2.23 bits per heavy atom. The highest BCUT2D eigenvalue weighted by atomic mass is 16.5. The van der Waals surface area contributed by atoms with Crippen LogP contribution in [-0.2, 0) is 16.1 Å². The van der Waals surface area contributed by atoms with Crippen LogP contribution in [0.5, 0.6) is 11.5 Å². The standard InChI is InChI=1S/C24H32N2O4/c1-17(2)14-25-24(28)19(4)26(15-20-9-7-6-8-18(20)3)23(27)16-30-22-12-10-21(29-5)11-13-22/h6-13,17,19H,14-16H2,1-5H3,(H,25,28)/t19-/m0/s1. The van der Waals surface area contributed by atoms with Crippen LogP contribution in [0.3, 0.4) is 0 Å². The molecule has 2 aromatic rings. The van der Waals surface area contributed by atoms with Gasteiger partial charge in [-0.2, -0.15) is 0 Å². The quantitative estimate of drug-likeness (QED) is 0.648. The van der Waals surface area contributed by atoms with Crippen LogP contribution in [0.1, 0.15) is 31.9 Å². The summed E-state index contributed by atoms with van der Waals surface area (Å²) in [5.74, 6) is 1.19. The molecule has 0 bridgehead atoms. The van der Waals surface area contributed by atoms with Crippen molar-refractivity contribution in [3.05, 3.63) is 59.7 Å². The van der Waals surface area contributed by atoms with Gasteiger partial charge in [-0.15, -0.1) is 0 Å². The van der Waals surface area contributed by atoms with E-state index in [1.54, 1.807) is 43.2 Å². The van der Waals surface area contributed by atoms with E-state index in [0.717, 1.165) is 11.1 Å². The molecule has 0 unspecified atom stereocenters. The lowest BCUT2D eigenvalue weighted by Gasteiger charge is -2.29. The van der Waals surface area contributed by atoms with Crippen LogP contribution in [0.4, 0.5) is 0 Å². The van der Waals surface area contributed by atoms with Crippen molar-refractivity contribution in [1.82, 2.24) is 10.2 Å². The Kier molecular flexibility index (Phi) is 8.71. The third kappa shape index (κ3) is 6.79. The molecule has 0 aromatic heterocycles. The van der Waals surface area contributed by atoms with Crippen LogP contribution < -0.4 is 14.8 Å². The van der Waals surface area contributed by atoms with Crippen molar-refractivity contribution in [2.24, 2.45) is 5.92 Å². The highest BCUT2D eigenvalue weighted by Crippen LogP contribution is 2.18. The minimum Gasteiger partial charge on any atom is -0.497 e. The highest BCUT2D eigenvalue weighted by Gasteiger charge is 2.26. The summed E-state index contributed by atoms with van der Waals surface area (Å²) in [5, 5.41) is 2.92. The Balaban J connectivity index is 2.12. The fourth-order valence-corrected chi connectivity index (χ4v) is 2.91. The third-order valence-electron chi connectivity index (χ3n) is 4.88. The maximum Gasteiger partial charge on any atom is 0.261 e. The van der Waals surface area contributed by atoms with Gasteiger partial charge in [-0.05, 0) is 55.2 Å². The van der Waals surface area contributed by atoms with Crippen LogP contribution >= 0.6 is 0 Å². The number of nitrogens with zero attached hydrogens (tertiary/aromatic N) is 1. The maximum absolute atomic E-state index is 13.0. The molecule has 2 aromatic carbocycles. The number of methoxy groups -OCH3 is 1. The predicted octanol–water partition coefficient (Wildman–Crippen LogP) is 3.57. The number of hydrogen-bond donors (Lipinski definition) is 1. The number of benzene rings is 2. The number of carbonyl (C=O) groups is 2.